The lowest BCUT2D eigenvalue weighted by Crippen LogP contribution is -2.22. The molecule has 7 nitrogen and oxygen atoms in total. The number of nitrogens with one attached hydrogen (secondary N) is 1. The maximum atomic E-state index is 11.5. The standard InChI is InChI=1S/C22H25N5O2S/c1-16(28)26(2)19-8-10-20(11-9-19)27(3)21-12-13-23-22(25-21)24-18-7-5-6-17(14-18)15-30(4)29/h5-14H,15H2,1-4H3,(H,23,24,25). The molecular weight excluding hydrogens is 398 g/mol. The first-order valence-corrected chi connectivity index (χ1v) is 11.1. The summed E-state index contributed by atoms with van der Waals surface area (Å²) >= 11 is 0. The van der Waals surface area contributed by atoms with Gasteiger partial charge < -0.3 is 15.1 Å². The highest BCUT2D eigenvalue weighted by Gasteiger charge is 2.10. The van der Waals surface area contributed by atoms with Crippen molar-refractivity contribution in [2.75, 3.05) is 35.5 Å². The number of rotatable bonds is 7. The first kappa shape index (κ1) is 21.4. The average molecular weight is 424 g/mol. The first-order chi connectivity index (χ1) is 14.3. The number of aromatic nitrogens is 2. The minimum atomic E-state index is -0.897. The van der Waals surface area contributed by atoms with E-state index in [-0.39, 0.29) is 5.91 Å². The highest BCUT2D eigenvalue weighted by molar-refractivity contribution is 7.83. The second kappa shape index (κ2) is 9.49. The van der Waals surface area contributed by atoms with Gasteiger partial charge in [0.05, 0.1) is 0 Å². The van der Waals surface area contributed by atoms with E-state index in [4.69, 9.17) is 0 Å². The van der Waals surface area contributed by atoms with Gasteiger partial charge in [-0.25, -0.2) is 4.98 Å². The Morgan fingerprint density at radius 2 is 1.77 bits per heavy atom. The van der Waals surface area contributed by atoms with Crippen molar-refractivity contribution in [3.05, 3.63) is 66.4 Å². The SMILES string of the molecule is CC(=O)N(C)c1ccc(N(C)c2ccnc(Nc3cccc(CS(C)=O)c3)n2)cc1. The Bertz CT molecular complexity index is 1060. The quantitative estimate of drug-likeness (QED) is 0.622. The van der Waals surface area contributed by atoms with Crippen molar-refractivity contribution >= 4 is 45.5 Å². The van der Waals surface area contributed by atoms with Crippen molar-refractivity contribution < 1.29 is 9.00 Å². The van der Waals surface area contributed by atoms with Crippen molar-refractivity contribution in [2.24, 2.45) is 0 Å². The predicted octanol–water partition coefficient (Wildman–Crippen LogP) is 3.85. The lowest BCUT2D eigenvalue weighted by Gasteiger charge is -2.21. The molecule has 0 fully saturated rings. The van der Waals surface area contributed by atoms with Gasteiger partial charge in [0.25, 0.3) is 0 Å². The third-order valence-corrected chi connectivity index (χ3v) is 5.37. The molecule has 0 spiro atoms. The molecule has 3 aromatic rings. The summed E-state index contributed by atoms with van der Waals surface area (Å²) in [4.78, 5) is 24.0. The molecule has 0 aliphatic rings. The molecule has 1 atom stereocenters. The maximum Gasteiger partial charge on any atom is 0.229 e. The number of benzene rings is 2. The highest BCUT2D eigenvalue weighted by Crippen LogP contribution is 2.25. The Morgan fingerprint density at radius 3 is 2.43 bits per heavy atom. The van der Waals surface area contributed by atoms with E-state index in [9.17, 15) is 9.00 Å². The van der Waals surface area contributed by atoms with E-state index in [1.54, 1.807) is 24.4 Å². The maximum absolute atomic E-state index is 11.5. The monoisotopic (exact) mass is 423 g/mol. The van der Waals surface area contributed by atoms with Crippen LogP contribution < -0.4 is 15.1 Å². The fraction of sp³-hybridized carbons (Fsp3) is 0.227. The van der Waals surface area contributed by atoms with Crippen molar-refractivity contribution in [2.45, 2.75) is 12.7 Å². The zero-order valence-electron chi connectivity index (χ0n) is 17.5. The van der Waals surface area contributed by atoms with Crippen LogP contribution in [-0.2, 0) is 21.3 Å². The van der Waals surface area contributed by atoms with Crippen LogP contribution in [0.5, 0.6) is 0 Å². The molecule has 1 heterocycles. The summed E-state index contributed by atoms with van der Waals surface area (Å²) in [7, 11) is 2.77. The summed E-state index contributed by atoms with van der Waals surface area (Å²) in [5, 5.41) is 3.21. The Morgan fingerprint density at radius 1 is 1.07 bits per heavy atom. The minimum absolute atomic E-state index is 0.0168. The summed E-state index contributed by atoms with van der Waals surface area (Å²) in [6, 6.07) is 17.3. The molecule has 3 rings (SSSR count). The molecule has 0 saturated carbocycles. The van der Waals surface area contributed by atoms with Gasteiger partial charge in [0.1, 0.15) is 5.82 Å². The Balaban J connectivity index is 1.76. The van der Waals surface area contributed by atoms with Crippen molar-refractivity contribution in [1.29, 1.82) is 0 Å². The zero-order chi connectivity index (χ0) is 21.7. The van der Waals surface area contributed by atoms with Crippen LogP contribution in [0, 0.1) is 0 Å². The van der Waals surface area contributed by atoms with Crippen LogP contribution in [0.3, 0.4) is 0 Å². The first-order valence-electron chi connectivity index (χ1n) is 9.40. The summed E-state index contributed by atoms with van der Waals surface area (Å²) in [6.07, 6.45) is 3.39. The predicted molar refractivity (Wildman–Crippen MR) is 123 cm³/mol. The second-order valence-corrected chi connectivity index (χ2v) is 8.37. The summed E-state index contributed by atoms with van der Waals surface area (Å²) in [5.74, 6) is 1.69. The molecule has 1 N–H and O–H groups in total. The molecule has 0 saturated heterocycles. The number of amides is 1. The Hall–Kier alpha value is -3.26. The normalized spacial score (nSPS) is 11.6. The van der Waals surface area contributed by atoms with Gasteiger partial charge in [-0.15, -0.1) is 0 Å². The van der Waals surface area contributed by atoms with E-state index < -0.39 is 10.8 Å². The third kappa shape index (κ3) is 5.42. The van der Waals surface area contributed by atoms with Crippen LogP contribution in [0.4, 0.5) is 28.8 Å². The largest absolute Gasteiger partial charge is 0.329 e. The molecule has 0 aliphatic heterocycles. The third-order valence-electron chi connectivity index (χ3n) is 4.63. The van der Waals surface area contributed by atoms with Crippen molar-refractivity contribution in [3.63, 3.8) is 0 Å². The molecule has 0 radical (unpaired) electrons. The van der Waals surface area contributed by atoms with E-state index in [1.807, 2.05) is 66.5 Å². The van der Waals surface area contributed by atoms with Gasteiger partial charge >= 0.3 is 0 Å². The van der Waals surface area contributed by atoms with Gasteiger partial charge in [-0.1, -0.05) is 12.1 Å². The number of carbonyl (C=O) groups is 1. The fourth-order valence-electron chi connectivity index (χ4n) is 2.91. The molecule has 1 unspecified atom stereocenters. The number of carbonyl (C=O) groups excluding carboxylic acids is 1. The van der Waals surface area contributed by atoms with Crippen molar-refractivity contribution in [3.8, 4) is 0 Å². The topological polar surface area (TPSA) is 78.4 Å². The van der Waals surface area contributed by atoms with Gasteiger partial charge in [0.15, 0.2) is 0 Å². The molecule has 0 bridgehead atoms. The van der Waals surface area contributed by atoms with Gasteiger partial charge in [-0.2, -0.15) is 4.98 Å². The molecule has 30 heavy (non-hydrogen) atoms. The minimum Gasteiger partial charge on any atom is -0.329 e. The highest BCUT2D eigenvalue weighted by atomic mass is 32.2. The number of hydrogen-bond donors (Lipinski definition) is 1. The molecular formula is C22H25N5O2S. The Kier molecular flexibility index (Phi) is 6.79. The molecule has 1 amide bonds. The van der Waals surface area contributed by atoms with Gasteiger partial charge in [0, 0.05) is 67.1 Å². The van der Waals surface area contributed by atoms with Gasteiger partial charge in [-0.3, -0.25) is 9.00 Å². The van der Waals surface area contributed by atoms with Crippen LogP contribution >= 0.6 is 0 Å². The van der Waals surface area contributed by atoms with Gasteiger partial charge in [0.2, 0.25) is 11.9 Å². The summed E-state index contributed by atoms with van der Waals surface area (Å²) < 4.78 is 11.5. The van der Waals surface area contributed by atoms with E-state index in [0.29, 0.717) is 11.7 Å². The van der Waals surface area contributed by atoms with Crippen LogP contribution in [-0.4, -0.2) is 40.4 Å². The van der Waals surface area contributed by atoms with Crippen LogP contribution in [0.25, 0.3) is 0 Å². The number of hydrogen-bond acceptors (Lipinski definition) is 6. The summed E-state index contributed by atoms with van der Waals surface area (Å²) in [6.45, 7) is 1.53. The average Bonchev–Trinajstić information content (AvgIpc) is 2.72. The molecule has 8 heteroatoms. The van der Waals surface area contributed by atoms with Crippen molar-refractivity contribution in [1.82, 2.24) is 9.97 Å². The molecule has 1 aromatic heterocycles. The lowest BCUT2D eigenvalue weighted by atomic mass is 10.2. The van der Waals surface area contributed by atoms with Crippen LogP contribution in [0.1, 0.15) is 12.5 Å². The van der Waals surface area contributed by atoms with Crippen LogP contribution in [0.15, 0.2) is 60.8 Å². The number of nitrogens with zero attached hydrogens (tertiary/aromatic N) is 4. The molecule has 2 aromatic carbocycles. The Labute approximate surface area is 179 Å². The van der Waals surface area contributed by atoms with E-state index in [1.165, 1.54) is 6.92 Å². The van der Waals surface area contributed by atoms with Gasteiger partial charge in [-0.05, 0) is 48.0 Å². The van der Waals surface area contributed by atoms with Crippen LogP contribution in [0.2, 0.25) is 0 Å². The van der Waals surface area contributed by atoms with E-state index in [2.05, 4.69) is 15.3 Å². The second-order valence-electron chi connectivity index (χ2n) is 6.93. The van der Waals surface area contributed by atoms with E-state index >= 15 is 0 Å². The molecule has 156 valence electrons. The zero-order valence-corrected chi connectivity index (χ0v) is 18.3. The van der Waals surface area contributed by atoms with E-state index in [0.717, 1.165) is 28.4 Å². The fourth-order valence-corrected chi connectivity index (χ4v) is 3.56. The number of anilines is 5. The smallest absolute Gasteiger partial charge is 0.229 e. The lowest BCUT2D eigenvalue weighted by molar-refractivity contribution is -0.116. The summed E-state index contributed by atoms with van der Waals surface area (Å²) in [5.41, 5.74) is 3.60. The molecule has 0 aliphatic carbocycles.